The summed E-state index contributed by atoms with van der Waals surface area (Å²) in [5, 5.41) is 8.55. The lowest BCUT2D eigenvalue weighted by Gasteiger charge is -2.28. The van der Waals surface area contributed by atoms with Crippen LogP contribution >= 0.6 is 0 Å². The zero-order valence-corrected chi connectivity index (χ0v) is 24.6. The molecule has 0 bridgehead atoms. The number of furan rings is 1. The number of fused-ring (bicyclic) bond motifs is 1. The Bertz CT molecular complexity index is 1590. The van der Waals surface area contributed by atoms with E-state index < -0.39 is 0 Å². The van der Waals surface area contributed by atoms with Crippen molar-refractivity contribution >= 4 is 41.3 Å². The van der Waals surface area contributed by atoms with E-state index in [0.717, 1.165) is 17.3 Å². The third kappa shape index (κ3) is 6.15. The molecule has 1 amide bonds. The Morgan fingerprint density at radius 1 is 1.19 bits per heavy atom. The molecule has 0 aliphatic carbocycles. The number of benzene rings is 1. The van der Waals surface area contributed by atoms with E-state index in [1.807, 2.05) is 29.2 Å². The molecule has 3 aliphatic heterocycles. The Kier molecular flexibility index (Phi) is 8.21. The van der Waals surface area contributed by atoms with E-state index in [2.05, 4.69) is 52.7 Å². The number of carbonyl (C=O) groups is 2. The van der Waals surface area contributed by atoms with Crippen LogP contribution in [0.4, 0.5) is 11.8 Å². The van der Waals surface area contributed by atoms with Crippen LogP contribution in [0.15, 0.2) is 63.8 Å². The lowest BCUT2D eigenvalue weighted by Crippen LogP contribution is -2.40. The van der Waals surface area contributed by atoms with Gasteiger partial charge in [0.2, 0.25) is 11.9 Å². The molecule has 0 spiro atoms. The molecule has 3 aliphatic rings. The van der Waals surface area contributed by atoms with Crippen molar-refractivity contribution in [1.82, 2.24) is 25.3 Å². The number of hydrogen-bond donors (Lipinski definition) is 1. The second kappa shape index (κ2) is 12.4. The maximum Gasteiger partial charge on any atom is 0.249 e. The second-order valence-corrected chi connectivity index (χ2v) is 11.0. The molecule has 0 radical (unpaired) electrons. The van der Waals surface area contributed by atoms with Gasteiger partial charge in [-0.25, -0.2) is 15.4 Å². The van der Waals surface area contributed by atoms with Gasteiger partial charge in [0.25, 0.3) is 0 Å². The van der Waals surface area contributed by atoms with Crippen molar-refractivity contribution in [1.29, 1.82) is 0 Å². The van der Waals surface area contributed by atoms with Crippen LogP contribution in [-0.2, 0) is 14.3 Å². The average molecular weight is 585 g/mol. The number of nitrogens with zero attached hydrogens (tertiary/aromatic N) is 7. The fraction of sp³-hybridized carbons (Fsp3) is 0.387. The highest BCUT2D eigenvalue weighted by atomic mass is 16.5. The van der Waals surface area contributed by atoms with Gasteiger partial charge in [-0.1, -0.05) is 29.8 Å². The van der Waals surface area contributed by atoms with Gasteiger partial charge < -0.3 is 24.0 Å². The van der Waals surface area contributed by atoms with Gasteiger partial charge in [0.15, 0.2) is 11.4 Å². The Morgan fingerprint density at radius 3 is 2.81 bits per heavy atom. The number of likely N-dealkylation sites (N-methyl/N-ethyl adjacent to an activating group) is 1. The predicted molar refractivity (Wildman–Crippen MR) is 164 cm³/mol. The number of hydrazine groups is 1. The van der Waals surface area contributed by atoms with E-state index in [1.165, 1.54) is 23.3 Å². The summed E-state index contributed by atoms with van der Waals surface area (Å²) in [6, 6.07) is 10.3. The summed E-state index contributed by atoms with van der Waals surface area (Å²) < 4.78 is 12.1. The number of rotatable bonds is 9. The second-order valence-electron chi connectivity index (χ2n) is 11.0. The van der Waals surface area contributed by atoms with E-state index in [-0.39, 0.29) is 17.9 Å². The summed E-state index contributed by atoms with van der Waals surface area (Å²) >= 11 is 0. The molecule has 1 aromatic carbocycles. The Hall–Kier alpha value is -4.55. The average Bonchev–Trinajstić information content (AvgIpc) is 3.77. The number of morpholine rings is 1. The van der Waals surface area contributed by atoms with Gasteiger partial charge in [-0.2, -0.15) is 10.1 Å². The maximum absolute atomic E-state index is 12.1. The van der Waals surface area contributed by atoms with Crippen molar-refractivity contribution < 1.29 is 18.7 Å². The van der Waals surface area contributed by atoms with E-state index in [1.54, 1.807) is 11.9 Å². The van der Waals surface area contributed by atoms with Crippen molar-refractivity contribution in [3.05, 3.63) is 71.1 Å². The third-order valence-corrected chi connectivity index (χ3v) is 7.92. The first-order valence-corrected chi connectivity index (χ1v) is 14.5. The van der Waals surface area contributed by atoms with Crippen molar-refractivity contribution in [2.75, 3.05) is 62.9 Å². The van der Waals surface area contributed by atoms with Crippen molar-refractivity contribution in [3.8, 4) is 0 Å². The minimum atomic E-state index is -0.223. The molecule has 2 unspecified atom stereocenters. The molecule has 2 atom stereocenters. The summed E-state index contributed by atoms with van der Waals surface area (Å²) in [6.45, 7) is 8.46. The van der Waals surface area contributed by atoms with Crippen LogP contribution in [0, 0.1) is 6.92 Å². The number of amides is 1. The smallest absolute Gasteiger partial charge is 0.249 e. The van der Waals surface area contributed by atoms with Gasteiger partial charge >= 0.3 is 0 Å². The summed E-state index contributed by atoms with van der Waals surface area (Å²) in [5.74, 6) is 1.93. The highest BCUT2D eigenvalue weighted by molar-refractivity contribution is 5.90. The molecule has 6 rings (SSSR count). The normalized spacial score (nSPS) is 20.4. The van der Waals surface area contributed by atoms with Crippen molar-refractivity contribution in [2.45, 2.75) is 25.8 Å². The Balaban J connectivity index is 1.23. The van der Waals surface area contributed by atoms with Gasteiger partial charge in [-0.05, 0) is 31.6 Å². The van der Waals surface area contributed by atoms with Crippen molar-refractivity contribution in [2.24, 2.45) is 5.10 Å². The van der Waals surface area contributed by atoms with E-state index >= 15 is 0 Å². The van der Waals surface area contributed by atoms with E-state index in [4.69, 9.17) is 19.1 Å². The monoisotopic (exact) mass is 584 g/mol. The van der Waals surface area contributed by atoms with Crippen LogP contribution in [-0.4, -0.2) is 91.3 Å². The van der Waals surface area contributed by atoms with Gasteiger partial charge in [0.1, 0.15) is 23.6 Å². The fourth-order valence-corrected chi connectivity index (χ4v) is 5.48. The van der Waals surface area contributed by atoms with Crippen LogP contribution in [0.5, 0.6) is 0 Å². The van der Waals surface area contributed by atoms with Gasteiger partial charge in [-0.3, -0.25) is 9.59 Å². The first-order valence-electron chi connectivity index (χ1n) is 14.5. The van der Waals surface area contributed by atoms with Crippen LogP contribution in [0.1, 0.15) is 35.8 Å². The van der Waals surface area contributed by atoms with Gasteiger partial charge in [0.05, 0.1) is 26.3 Å². The lowest BCUT2D eigenvalue weighted by atomic mass is 9.99. The first kappa shape index (κ1) is 28.6. The molecule has 12 heteroatoms. The van der Waals surface area contributed by atoms with E-state index in [9.17, 15) is 9.59 Å². The number of aryl methyl sites for hydroxylation is 1. The molecule has 1 saturated heterocycles. The molecule has 3 aromatic rings. The SMILES string of the molecule is CC1=CC(c2cc3nc(N4CC(c5cccc(C)c5)C=N4)nc(N4CCOCC4)c3o2)NN1CCN(C)C(=O)/C=C\C=O. The molecule has 2 aromatic heterocycles. The fourth-order valence-electron chi connectivity index (χ4n) is 5.48. The standard InChI is InChI=1S/C31H36N8O4/c1-21-6-4-7-23(16-21)24-19-32-39(20-24)31-33-26-18-27(43-29(26)30(34-31)37-11-14-42-15-12-37)25-17-22(2)38(35-25)10-9-36(3)28(41)8-5-13-40/h4-8,13,16-19,24-25,35H,9-12,14-15,20H2,1-3H3/b8-5-. The molecule has 43 heavy (non-hydrogen) atoms. The van der Waals surface area contributed by atoms with Gasteiger partial charge in [-0.15, -0.1) is 0 Å². The molecular weight excluding hydrogens is 548 g/mol. The Morgan fingerprint density at radius 2 is 2.02 bits per heavy atom. The largest absolute Gasteiger partial charge is 0.453 e. The first-order chi connectivity index (χ1) is 20.9. The summed E-state index contributed by atoms with van der Waals surface area (Å²) in [5.41, 5.74) is 8.28. The minimum absolute atomic E-state index is 0.156. The van der Waals surface area contributed by atoms with Crippen LogP contribution in [0.3, 0.4) is 0 Å². The number of hydrogen-bond acceptors (Lipinski definition) is 11. The van der Waals surface area contributed by atoms with Gasteiger partial charge in [0, 0.05) is 56.7 Å². The summed E-state index contributed by atoms with van der Waals surface area (Å²) in [7, 11) is 1.71. The summed E-state index contributed by atoms with van der Waals surface area (Å²) in [6.07, 6.45) is 7.12. The number of ether oxygens (including phenoxy) is 1. The highest BCUT2D eigenvalue weighted by Gasteiger charge is 2.29. The van der Waals surface area contributed by atoms with Crippen LogP contribution in [0.2, 0.25) is 0 Å². The predicted octanol–water partition coefficient (Wildman–Crippen LogP) is 2.94. The number of nitrogens with one attached hydrogen (secondary N) is 1. The number of carbonyl (C=O) groups excluding carboxylic acids is 2. The maximum atomic E-state index is 12.1. The molecule has 5 heterocycles. The topological polar surface area (TPSA) is 120 Å². The molecule has 224 valence electrons. The summed E-state index contributed by atoms with van der Waals surface area (Å²) in [4.78, 5) is 36.3. The molecular formula is C31H36N8O4. The zero-order chi connectivity index (χ0) is 29.9. The van der Waals surface area contributed by atoms with Crippen LogP contribution in [0.25, 0.3) is 11.1 Å². The number of hydrazone groups is 1. The number of allylic oxidation sites excluding steroid dienone is 2. The highest BCUT2D eigenvalue weighted by Crippen LogP contribution is 2.35. The quantitative estimate of drug-likeness (QED) is 0.297. The third-order valence-electron chi connectivity index (χ3n) is 7.92. The van der Waals surface area contributed by atoms with Crippen LogP contribution < -0.4 is 15.3 Å². The molecule has 1 fully saturated rings. The number of anilines is 2. The van der Waals surface area contributed by atoms with E-state index in [0.29, 0.717) is 69.3 Å². The Labute approximate surface area is 250 Å². The number of aromatic nitrogens is 2. The number of aldehydes is 1. The zero-order valence-electron chi connectivity index (χ0n) is 24.6. The molecule has 1 N–H and O–H groups in total. The van der Waals surface area contributed by atoms with Crippen molar-refractivity contribution in [3.63, 3.8) is 0 Å². The molecule has 0 saturated carbocycles. The lowest BCUT2D eigenvalue weighted by molar-refractivity contribution is -0.125. The molecule has 12 nitrogen and oxygen atoms in total. The minimum Gasteiger partial charge on any atom is -0.453 e.